The molecular weight excluding hydrogens is 240 g/mol. The van der Waals surface area contributed by atoms with E-state index >= 15 is 0 Å². The molecule has 0 spiro atoms. The number of hydrogen-bond acceptors (Lipinski definition) is 4. The Hall–Kier alpha value is -1.39. The third-order valence-electron chi connectivity index (χ3n) is 3.17. The quantitative estimate of drug-likeness (QED) is 0.845. The molecule has 1 aliphatic heterocycles. The standard InChI is InChI=1S/C15H22N2O2/c1-3-13-4-5-14(8-15(13)17-11(2)16)19-10-12-6-7-18-9-12/h3-5,8,11-12H,6-7,9-10,16H2,1-2H3/b13-3-,17-15-. The topological polar surface area (TPSA) is 56.8 Å². The molecule has 1 fully saturated rings. The monoisotopic (exact) mass is 262 g/mol. The van der Waals surface area contributed by atoms with Crippen molar-refractivity contribution >= 4 is 5.71 Å². The van der Waals surface area contributed by atoms with Crippen molar-refractivity contribution in [2.45, 2.75) is 26.4 Å². The van der Waals surface area contributed by atoms with E-state index in [2.05, 4.69) is 4.99 Å². The molecule has 2 atom stereocenters. The molecule has 0 aromatic carbocycles. The summed E-state index contributed by atoms with van der Waals surface area (Å²) in [5.41, 5.74) is 7.70. The first-order valence-electron chi connectivity index (χ1n) is 6.79. The molecule has 2 unspecified atom stereocenters. The summed E-state index contributed by atoms with van der Waals surface area (Å²) in [6.45, 7) is 6.21. The van der Waals surface area contributed by atoms with Crippen LogP contribution in [-0.4, -0.2) is 31.7 Å². The molecule has 0 aromatic rings. The van der Waals surface area contributed by atoms with E-state index in [4.69, 9.17) is 15.2 Å². The molecular formula is C15H22N2O2. The summed E-state index contributed by atoms with van der Waals surface area (Å²) in [5.74, 6) is 1.35. The van der Waals surface area contributed by atoms with Crippen LogP contribution in [0.5, 0.6) is 0 Å². The summed E-state index contributed by atoms with van der Waals surface area (Å²) < 4.78 is 11.2. The van der Waals surface area contributed by atoms with Crippen molar-refractivity contribution in [3.63, 3.8) is 0 Å². The highest BCUT2D eigenvalue weighted by Gasteiger charge is 2.17. The number of ether oxygens (including phenoxy) is 2. The minimum atomic E-state index is -0.211. The van der Waals surface area contributed by atoms with E-state index in [9.17, 15) is 0 Å². The lowest BCUT2D eigenvalue weighted by atomic mass is 10.0. The van der Waals surface area contributed by atoms with Gasteiger partial charge in [-0.15, -0.1) is 0 Å². The van der Waals surface area contributed by atoms with Crippen LogP contribution < -0.4 is 5.73 Å². The van der Waals surface area contributed by atoms with Crippen molar-refractivity contribution in [2.75, 3.05) is 19.8 Å². The lowest BCUT2D eigenvalue weighted by Crippen LogP contribution is -2.17. The summed E-state index contributed by atoms with van der Waals surface area (Å²) in [5, 5.41) is 0. The molecule has 4 heteroatoms. The van der Waals surface area contributed by atoms with Crippen LogP contribution in [-0.2, 0) is 9.47 Å². The van der Waals surface area contributed by atoms with Gasteiger partial charge < -0.3 is 15.2 Å². The predicted molar refractivity (Wildman–Crippen MR) is 76.9 cm³/mol. The van der Waals surface area contributed by atoms with Crippen molar-refractivity contribution in [3.8, 4) is 0 Å². The van der Waals surface area contributed by atoms with Crippen LogP contribution in [0, 0.1) is 5.92 Å². The SMILES string of the molecule is C/C=C1/C=CC(OCC2CCOC2)=C/C1=N/C(C)N. The van der Waals surface area contributed by atoms with Crippen LogP contribution in [0.15, 0.2) is 40.6 Å². The van der Waals surface area contributed by atoms with E-state index in [-0.39, 0.29) is 6.17 Å². The van der Waals surface area contributed by atoms with E-state index in [1.165, 1.54) is 0 Å². The van der Waals surface area contributed by atoms with Crippen LogP contribution >= 0.6 is 0 Å². The van der Waals surface area contributed by atoms with Crippen LogP contribution in [0.1, 0.15) is 20.3 Å². The van der Waals surface area contributed by atoms with Gasteiger partial charge in [-0.2, -0.15) is 0 Å². The predicted octanol–water partition coefficient (Wildman–Crippen LogP) is 2.19. The van der Waals surface area contributed by atoms with E-state index in [1.54, 1.807) is 0 Å². The van der Waals surface area contributed by atoms with Crippen molar-refractivity contribution in [2.24, 2.45) is 16.6 Å². The molecule has 2 N–H and O–H groups in total. The Labute approximate surface area is 114 Å². The minimum Gasteiger partial charge on any atom is -0.493 e. The Morgan fingerprint density at radius 3 is 3.05 bits per heavy atom. The zero-order chi connectivity index (χ0) is 13.7. The molecule has 0 amide bonds. The van der Waals surface area contributed by atoms with Gasteiger partial charge in [-0.1, -0.05) is 6.08 Å². The fourth-order valence-electron chi connectivity index (χ4n) is 2.12. The third kappa shape index (κ3) is 4.04. The van der Waals surface area contributed by atoms with Gasteiger partial charge in [0, 0.05) is 18.6 Å². The molecule has 0 aromatic heterocycles. The molecule has 2 aliphatic rings. The Bertz CT molecular complexity index is 427. The highest BCUT2D eigenvalue weighted by molar-refractivity contribution is 6.11. The number of nitrogens with two attached hydrogens (primary N) is 1. The third-order valence-corrected chi connectivity index (χ3v) is 3.17. The second-order valence-corrected chi connectivity index (χ2v) is 4.92. The molecule has 0 radical (unpaired) electrons. The Kier molecular flexibility index (Phi) is 4.93. The fraction of sp³-hybridized carbons (Fsp3) is 0.533. The summed E-state index contributed by atoms with van der Waals surface area (Å²) in [7, 11) is 0. The van der Waals surface area contributed by atoms with Crippen LogP contribution in [0.2, 0.25) is 0 Å². The first-order chi connectivity index (χ1) is 9.19. The maximum atomic E-state index is 5.82. The van der Waals surface area contributed by atoms with Crippen molar-refractivity contribution in [1.82, 2.24) is 0 Å². The van der Waals surface area contributed by atoms with Gasteiger partial charge in [0.1, 0.15) is 5.76 Å². The first kappa shape index (κ1) is 14.0. The molecule has 0 bridgehead atoms. The number of rotatable bonds is 4. The number of nitrogens with zero attached hydrogens (tertiary/aromatic N) is 1. The van der Waals surface area contributed by atoms with Gasteiger partial charge in [0.25, 0.3) is 0 Å². The van der Waals surface area contributed by atoms with Gasteiger partial charge in [0.15, 0.2) is 0 Å². The first-order valence-corrected chi connectivity index (χ1v) is 6.79. The summed E-state index contributed by atoms with van der Waals surface area (Å²) in [4.78, 5) is 4.41. The Balaban J connectivity index is 2.00. The van der Waals surface area contributed by atoms with E-state index in [0.717, 1.165) is 36.7 Å². The largest absolute Gasteiger partial charge is 0.493 e. The summed E-state index contributed by atoms with van der Waals surface area (Å²) in [6, 6.07) is 0. The zero-order valence-electron chi connectivity index (χ0n) is 11.6. The zero-order valence-corrected chi connectivity index (χ0v) is 11.6. The minimum absolute atomic E-state index is 0.211. The molecule has 2 rings (SSSR count). The highest BCUT2D eigenvalue weighted by atomic mass is 16.5. The second-order valence-electron chi connectivity index (χ2n) is 4.92. The number of allylic oxidation sites excluding steroid dienone is 5. The fourth-order valence-corrected chi connectivity index (χ4v) is 2.12. The smallest absolute Gasteiger partial charge is 0.121 e. The van der Waals surface area contributed by atoms with Crippen LogP contribution in [0.4, 0.5) is 0 Å². The molecule has 1 aliphatic carbocycles. The average Bonchev–Trinajstić information content (AvgIpc) is 2.89. The Morgan fingerprint density at radius 2 is 2.42 bits per heavy atom. The van der Waals surface area contributed by atoms with E-state index in [0.29, 0.717) is 12.5 Å². The normalized spacial score (nSPS) is 28.8. The van der Waals surface area contributed by atoms with Gasteiger partial charge in [-0.25, -0.2) is 0 Å². The molecule has 1 heterocycles. The lowest BCUT2D eigenvalue weighted by molar-refractivity contribution is 0.142. The lowest BCUT2D eigenvalue weighted by Gasteiger charge is -2.16. The van der Waals surface area contributed by atoms with Gasteiger partial charge in [-0.3, -0.25) is 4.99 Å². The molecule has 4 nitrogen and oxygen atoms in total. The van der Waals surface area contributed by atoms with Gasteiger partial charge >= 0.3 is 0 Å². The molecule has 19 heavy (non-hydrogen) atoms. The van der Waals surface area contributed by atoms with E-state index < -0.39 is 0 Å². The van der Waals surface area contributed by atoms with Crippen molar-refractivity contribution in [1.29, 1.82) is 0 Å². The number of aliphatic imine (C=N–C) groups is 1. The van der Waals surface area contributed by atoms with Gasteiger partial charge in [-0.05, 0) is 38.0 Å². The average molecular weight is 262 g/mol. The van der Waals surface area contributed by atoms with Crippen LogP contribution in [0.25, 0.3) is 0 Å². The van der Waals surface area contributed by atoms with Crippen molar-refractivity contribution < 1.29 is 9.47 Å². The molecule has 104 valence electrons. The maximum absolute atomic E-state index is 5.82. The van der Waals surface area contributed by atoms with E-state index in [1.807, 2.05) is 38.2 Å². The molecule has 0 saturated carbocycles. The summed E-state index contributed by atoms with van der Waals surface area (Å²) in [6.07, 6.45) is 8.84. The van der Waals surface area contributed by atoms with Gasteiger partial charge in [0.05, 0.1) is 25.1 Å². The maximum Gasteiger partial charge on any atom is 0.121 e. The Morgan fingerprint density at radius 1 is 1.58 bits per heavy atom. The number of hydrogen-bond donors (Lipinski definition) is 1. The molecule has 1 saturated heterocycles. The highest BCUT2D eigenvalue weighted by Crippen LogP contribution is 2.18. The van der Waals surface area contributed by atoms with Crippen LogP contribution in [0.3, 0.4) is 0 Å². The van der Waals surface area contributed by atoms with Crippen molar-refractivity contribution in [3.05, 3.63) is 35.6 Å². The second kappa shape index (κ2) is 6.68. The summed E-state index contributed by atoms with van der Waals surface area (Å²) >= 11 is 0. The van der Waals surface area contributed by atoms with Gasteiger partial charge in [0.2, 0.25) is 0 Å².